The molecule has 1 fully saturated rings. The highest BCUT2D eigenvalue weighted by atomic mass is 35.5. The summed E-state index contributed by atoms with van der Waals surface area (Å²) in [5, 5.41) is 11.1. The highest BCUT2D eigenvalue weighted by molar-refractivity contribution is 6.30. The van der Waals surface area contributed by atoms with Crippen molar-refractivity contribution in [3.05, 3.63) is 41.0 Å². The molecule has 4 rings (SSSR count). The molecule has 0 unspecified atom stereocenters. The van der Waals surface area contributed by atoms with Crippen LogP contribution in [0.3, 0.4) is 0 Å². The number of nitrogens with zero attached hydrogens (tertiary/aromatic N) is 3. The predicted octanol–water partition coefficient (Wildman–Crippen LogP) is 3.64. The zero-order valence-electron chi connectivity index (χ0n) is 15.7. The largest absolute Gasteiger partial charge is 0.504 e. The lowest BCUT2D eigenvalue weighted by Gasteiger charge is -2.23. The van der Waals surface area contributed by atoms with Gasteiger partial charge < -0.3 is 14.7 Å². The molecule has 1 atom stereocenters. The van der Waals surface area contributed by atoms with Gasteiger partial charge >= 0.3 is 0 Å². The van der Waals surface area contributed by atoms with Gasteiger partial charge in [-0.15, -0.1) is 0 Å². The zero-order chi connectivity index (χ0) is 18.8. The molecule has 144 valence electrons. The summed E-state index contributed by atoms with van der Waals surface area (Å²) in [7, 11) is 0. The molecule has 2 aliphatic rings. The van der Waals surface area contributed by atoms with Crippen molar-refractivity contribution in [1.29, 1.82) is 0 Å². The van der Waals surface area contributed by atoms with E-state index in [1.54, 1.807) is 12.3 Å². The summed E-state index contributed by atoms with van der Waals surface area (Å²) < 4.78 is 5.88. The minimum Gasteiger partial charge on any atom is -0.504 e. The van der Waals surface area contributed by atoms with Crippen molar-refractivity contribution in [2.75, 3.05) is 39.3 Å². The third kappa shape index (κ3) is 4.21. The molecule has 0 radical (unpaired) electrons. The van der Waals surface area contributed by atoms with Crippen molar-refractivity contribution >= 4 is 11.6 Å². The van der Waals surface area contributed by atoms with Crippen LogP contribution >= 0.6 is 11.6 Å². The molecule has 1 saturated heterocycles. The molecule has 27 heavy (non-hydrogen) atoms. The fourth-order valence-electron chi connectivity index (χ4n) is 4.12. The first-order chi connectivity index (χ1) is 13.1. The number of phenolic OH excluding ortho intramolecular Hbond substituents is 1. The van der Waals surface area contributed by atoms with Gasteiger partial charge in [0.05, 0.1) is 10.7 Å². The van der Waals surface area contributed by atoms with Gasteiger partial charge in [0.1, 0.15) is 6.61 Å². The van der Waals surface area contributed by atoms with Crippen LogP contribution in [0.15, 0.2) is 30.5 Å². The lowest BCUT2D eigenvalue weighted by molar-refractivity contribution is 0.195. The number of fused-ring (bicyclic) bond motifs is 1. The average Bonchev–Trinajstić information content (AvgIpc) is 3.01. The van der Waals surface area contributed by atoms with E-state index in [9.17, 15) is 5.11 Å². The monoisotopic (exact) mass is 387 g/mol. The normalized spacial score (nSPS) is 20.9. The van der Waals surface area contributed by atoms with E-state index in [4.69, 9.17) is 16.3 Å². The Kier molecular flexibility index (Phi) is 5.53. The Morgan fingerprint density at radius 3 is 2.89 bits per heavy atom. The summed E-state index contributed by atoms with van der Waals surface area (Å²) >= 11 is 5.95. The van der Waals surface area contributed by atoms with Gasteiger partial charge in [-0.1, -0.05) is 18.5 Å². The Labute approximate surface area is 165 Å². The lowest BCUT2D eigenvalue weighted by atomic mass is 10.0. The standard InChI is InChI=1S/C21H26ClN3O2/c1-2-24-6-5-15(12-24)13-25-7-8-27-21-17(14-25)9-16(10-20(21)26)19-4-3-18(22)11-23-19/h3-4,9-11,15,26H,2,5-8,12-14H2,1H3/t15-/m1/s1. The van der Waals surface area contributed by atoms with E-state index >= 15 is 0 Å². The molecule has 0 aliphatic carbocycles. The Morgan fingerprint density at radius 2 is 2.15 bits per heavy atom. The van der Waals surface area contributed by atoms with Gasteiger partial charge in [-0.25, -0.2) is 0 Å². The molecule has 1 aromatic carbocycles. The number of benzene rings is 1. The SMILES string of the molecule is CCN1CC[C@@H](CN2CCOc3c(O)cc(-c4ccc(Cl)cn4)cc3C2)C1. The van der Waals surface area contributed by atoms with E-state index in [-0.39, 0.29) is 5.75 Å². The van der Waals surface area contributed by atoms with Crippen LogP contribution in [0.2, 0.25) is 5.02 Å². The molecule has 0 saturated carbocycles. The van der Waals surface area contributed by atoms with E-state index in [2.05, 4.69) is 27.8 Å². The van der Waals surface area contributed by atoms with E-state index in [1.165, 1.54) is 19.5 Å². The lowest BCUT2D eigenvalue weighted by Crippen LogP contribution is -2.32. The van der Waals surface area contributed by atoms with Crippen LogP contribution in [0, 0.1) is 5.92 Å². The molecule has 1 N–H and O–H groups in total. The van der Waals surface area contributed by atoms with Gasteiger partial charge in [-0.05, 0) is 49.7 Å². The van der Waals surface area contributed by atoms with Crippen LogP contribution < -0.4 is 4.74 Å². The van der Waals surface area contributed by atoms with Crippen LogP contribution in [0.1, 0.15) is 18.9 Å². The third-order valence-electron chi connectivity index (χ3n) is 5.55. The number of hydrogen-bond donors (Lipinski definition) is 1. The number of hydrogen-bond acceptors (Lipinski definition) is 5. The third-order valence-corrected chi connectivity index (χ3v) is 5.77. The molecule has 1 aromatic heterocycles. The fourth-order valence-corrected chi connectivity index (χ4v) is 4.23. The number of phenols is 1. The van der Waals surface area contributed by atoms with Gasteiger partial charge in [-0.2, -0.15) is 0 Å². The molecule has 3 heterocycles. The van der Waals surface area contributed by atoms with E-state index in [0.717, 1.165) is 43.0 Å². The van der Waals surface area contributed by atoms with Crippen LogP contribution in [0.5, 0.6) is 11.5 Å². The first-order valence-corrected chi connectivity index (χ1v) is 10.1. The topological polar surface area (TPSA) is 48.8 Å². The number of ether oxygens (including phenoxy) is 1. The molecule has 2 aliphatic heterocycles. The van der Waals surface area contributed by atoms with Crippen LogP contribution in [-0.2, 0) is 6.54 Å². The minimum atomic E-state index is 0.180. The number of likely N-dealkylation sites (tertiary alicyclic amines) is 1. The van der Waals surface area contributed by atoms with Crippen molar-refractivity contribution in [3.63, 3.8) is 0 Å². The smallest absolute Gasteiger partial charge is 0.165 e. The van der Waals surface area contributed by atoms with Crippen molar-refractivity contribution in [3.8, 4) is 22.8 Å². The number of aromatic hydroxyl groups is 1. The van der Waals surface area contributed by atoms with Crippen molar-refractivity contribution in [2.45, 2.75) is 19.9 Å². The van der Waals surface area contributed by atoms with Gasteiger partial charge in [0, 0.05) is 43.5 Å². The molecule has 2 aromatic rings. The van der Waals surface area contributed by atoms with E-state index in [0.29, 0.717) is 23.3 Å². The Morgan fingerprint density at radius 1 is 1.26 bits per heavy atom. The Hall–Kier alpha value is -1.82. The average molecular weight is 388 g/mol. The van der Waals surface area contributed by atoms with Crippen LogP contribution in [0.4, 0.5) is 0 Å². The molecular formula is C21H26ClN3O2. The summed E-state index contributed by atoms with van der Waals surface area (Å²) in [6.07, 6.45) is 2.89. The van der Waals surface area contributed by atoms with Gasteiger partial charge in [0.15, 0.2) is 11.5 Å². The van der Waals surface area contributed by atoms with Crippen molar-refractivity contribution < 1.29 is 9.84 Å². The molecule has 0 amide bonds. The number of halogens is 1. The van der Waals surface area contributed by atoms with Crippen LogP contribution in [0.25, 0.3) is 11.3 Å². The number of rotatable bonds is 4. The van der Waals surface area contributed by atoms with Gasteiger partial charge in [-0.3, -0.25) is 9.88 Å². The van der Waals surface area contributed by atoms with E-state index in [1.807, 2.05) is 12.1 Å². The molecule has 5 nitrogen and oxygen atoms in total. The first-order valence-electron chi connectivity index (χ1n) is 9.67. The van der Waals surface area contributed by atoms with Crippen LogP contribution in [-0.4, -0.2) is 59.2 Å². The summed E-state index contributed by atoms with van der Waals surface area (Å²) in [5.41, 5.74) is 2.69. The highest BCUT2D eigenvalue weighted by Crippen LogP contribution is 2.37. The predicted molar refractivity (Wildman–Crippen MR) is 107 cm³/mol. The number of pyridine rings is 1. The summed E-state index contributed by atoms with van der Waals surface area (Å²) in [5.74, 6) is 1.50. The quantitative estimate of drug-likeness (QED) is 0.867. The maximum absolute atomic E-state index is 10.5. The number of aromatic nitrogens is 1. The maximum atomic E-state index is 10.5. The van der Waals surface area contributed by atoms with E-state index < -0.39 is 0 Å². The maximum Gasteiger partial charge on any atom is 0.165 e. The second-order valence-electron chi connectivity index (χ2n) is 7.48. The summed E-state index contributed by atoms with van der Waals surface area (Å²) in [6.45, 7) is 9.09. The second-order valence-corrected chi connectivity index (χ2v) is 7.91. The molecule has 0 bridgehead atoms. The second kappa shape index (κ2) is 8.05. The zero-order valence-corrected chi connectivity index (χ0v) is 16.5. The van der Waals surface area contributed by atoms with Crippen molar-refractivity contribution in [2.24, 2.45) is 5.92 Å². The molecule has 0 spiro atoms. The van der Waals surface area contributed by atoms with Crippen molar-refractivity contribution in [1.82, 2.24) is 14.8 Å². The fraction of sp³-hybridized carbons (Fsp3) is 0.476. The summed E-state index contributed by atoms with van der Waals surface area (Å²) in [6, 6.07) is 7.49. The molecule has 6 heteroatoms. The van der Waals surface area contributed by atoms with Gasteiger partial charge in [0.2, 0.25) is 0 Å². The molecular weight excluding hydrogens is 362 g/mol. The summed E-state index contributed by atoms with van der Waals surface area (Å²) in [4.78, 5) is 9.35. The Bertz CT molecular complexity index is 797. The highest BCUT2D eigenvalue weighted by Gasteiger charge is 2.26. The minimum absolute atomic E-state index is 0.180. The Balaban J connectivity index is 1.55. The first kappa shape index (κ1) is 18.5. The van der Waals surface area contributed by atoms with Gasteiger partial charge in [0.25, 0.3) is 0 Å².